The Morgan fingerprint density at radius 3 is 2.61 bits per heavy atom. The topological polar surface area (TPSA) is 106 Å². The van der Waals surface area contributed by atoms with Gasteiger partial charge in [-0.3, -0.25) is 14.9 Å². The second kappa shape index (κ2) is 5.52. The molecule has 8 heteroatoms. The molecule has 0 heterocycles. The number of rotatable bonds is 6. The van der Waals surface area contributed by atoms with Gasteiger partial charge in [-0.1, -0.05) is 18.7 Å². The number of benzene rings is 1. The van der Waals surface area contributed by atoms with Crippen molar-refractivity contribution in [3.63, 3.8) is 0 Å². The predicted octanol–water partition coefficient (Wildman–Crippen LogP) is 0.628. The molecular weight excluding hydrogens is 260 g/mol. The lowest BCUT2D eigenvalue weighted by molar-refractivity contribution is -0.387. The minimum Gasteiger partial charge on any atom is -0.293 e. The lowest BCUT2D eigenvalue weighted by Gasteiger charge is -2.05. The summed E-state index contributed by atoms with van der Waals surface area (Å²) in [5, 5.41) is 10.7. The number of para-hydroxylation sites is 1. The smallest absolute Gasteiger partial charge is 0.289 e. The van der Waals surface area contributed by atoms with Crippen LogP contribution < -0.4 is 4.72 Å². The van der Waals surface area contributed by atoms with Gasteiger partial charge in [-0.05, 0) is 12.1 Å². The Morgan fingerprint density at radius 1 is 1.44 bits per heavy atom. The van der Waals surface area contributed by atoms with Crippen LogP contribution >= 0.6 is 0 Å². The SMILES string of the molecule is C=CC(=O)CNS(=O)(=O)c1ccccc1[N+](=O)[O-]. The van der Waals surface area contributed by atoms with Gasteiger partial charge < -0.3 is 0 Å². The summed E-state index contributed by atoms with van der Waals surface area (Å²) >= 11 is 0. The summed E-state index contributed by atoms with van der Waals surface area (Å²) in [6.07, 6.45) is 0.960. The summed E-state index contributed by atoms with van der Waals surface area (Å²) in [6, 6.07) is 4.88. The highest BCUT2D eigenvalue weighted by atomic mass is 32.2. The first-order chi connectivity index (χ1) is 8.38. The molecule has 0 aliphatic heterocycles. The van der Waals surface area contributed by atoms with E-state index in [1.807, 2.05) is 4.72 Å². The van der Waals surface area contributed by atoms with Gasteiger partial charge in [-0.25, -0.2) is 13.1 Å². The highest BCUT2D eigenvalue weighted by molar-refractivity contribution is 7.89. The highest BCUT2D eigenvalue weighted by Gasteiger charge is 2.24. The zero-order valence-electron chi connectivity index (χ0n) is 9.20. The van der Waals surface area contributed by atoms with Crippen LogP contribution in [0.2, 0.25) is 0 Å². The maximum absolute atomic E-state index is 11.8. The molecule has 1 aromatic carbocycles. The average Bonchev–Trinajstić information content (AvgIpc) is 2.36. The summed E-state index contributed by atoms with van der Waals surface area (Å²) in [4.78, 5) is 20.3. The van der Waals surface area contributed by atoms with Gasteiger partial charge in [-0.15, -0.1) is 0 Å². The minimum absolute atomic E-state index is 0.480. The molecule has 18 heavy (non-hydrogen) atoms. The first kappa shape index (κ1) is 14.0. The average molecular weight is 270 g/mol. The Hall–Kier alpha value is -2.06. The van der Waals surface area contributed by atoms with E-state index in [0.717, 1.165) is 18.2 Å². The molecule has 0 amide bonds. The largest absolute Gasteiger partial charge is 0.293 e. The predicted molar refractivity (Wildman–Crippen MR) is 63.5 cm³/mol. The molecule has 0 saturated carbocycles. The van der Waals surface area contributed by atoms with E-state index < -0.39 is 37.9 Å². The van der Waals surface area contributed by atoms with E-state index in [-0.39, 0.29) is 0 Å². The number of sulfonamides is 1. The van der Waals surface area contributed by atoms with Gasteiger partial charge in [0, 0.05) is 6.07 Å². The fraction of sp³-hybridized carbons (Fsp3) is 0.100. The van der Waals surface area contributed by atoms with Crippen LogP contribution in [-0.2, 0) is 14.8 Å². The normalized spacial score (nSPS) is 10.9. The molecule has 0 fully saturated rings. The molecule has 0 saturated heterocycles. The first-order valence-corrected chi connectivity index (χ1v) is 6.25. The third kappa shape index (κ3) is 3.22. The van der Waals surface area contributed by atoms with E-state index >= 15 is 0 Å². The van der Waals surface area contributed by atoms with E-state index in [1.165, 1.54) is 12.1 Å². The molecule has 7 nitrogen and oxygen atoms in total. The van der Waals surface area contributed by atoms with Gasteiger partial charge >= 0.3 is 0 Å². The number of nitrogens with zero attached hydrogens (tertiary/aromatic N) is 1. The Labute approximate surface area is 103 Å². The number of ketones is 1. The molecule has 0 atom stereocenters. The van der Waals surface area contributed by atoms with Crippen LogP contribution in [0.25, 0.3) is 0 Å². The van der Waals surface area contributed by atoms with Gasteiger partial charge in [0.25, 0.3) is 5.69 Å². The van der Waals surface area contributed by atoms with Crippen LogP contribution in [0.5, 0.6) is 0 Å². The van der Waals surface area contributed by atoms with Crippen molar-refractivity contribution in [1.29, 1.82) is 0 Å². The molecule has 1 aromatic rings. The van der Waals surface area contributed by atoms with Crippen molar-refractivity contribution in [3.05, 3.63) is 47.0 Å². The Balaban J connectivity index is 3.09. The number of nitro benzene ring substituents is 1. The summed E-state index contributed by atoms with van der Waals surface area (Å²) in [5.41, 5.74) is -0.545. The highest BCUT2D eigenvalue weighted by Crippen LogP contribution is 2.22. The molecule has 0 radical (unpaired) electrons. The maximum atomic E-state index is 11.8. The molecular formula is C10H10N2O5S. The summed E-state index contributed by atoms with van der Waals surface area (Å²) in [7, 11) is -4.10. The lowest BCUT2D eigenvalue weighted by atomic mass is 10.3. The molecule has 1 N–H and O–H groups in total. The van der Waals surface area contributed by atoms with Crippen molar-refractivity contribution in [2.75, 3.05) is 6.54 Å². The van der Waals surface area contributed by atoms with Crippen molar-refractivity contribution in [3.8, 4) is 0 Å². The van der Waals surface area contributed by atoms with Crippen LogP contribution in [0, 0.1) is 10.1 Å². The quantitative estimate of drug-likeness (QED) is 0.463. The Kier molecular flexibility index (Phi) is 4.29. The van der Waals surface area contributed by atoms with Crippen molar-refractivity contribution in [2.24, 2.45) is 0 Å². The van der Waals surface area contributed by atoms with Crippen molar-refractivity contribution >= 4 is 21.5 Å². The standard InChI is InChI=1S/C10H10N2O5S/c1-2-8(13)7-11-18(16,17)10-6-4-3-5-9(10)12(14)15/h2-6,11H,1,7H2. The third-order valence-corrected chi connectivity index (χ3v) is 3.46. The molecule has 0 aromatic heterocycles. The first-order valence-electron chi connectivity index (χ1n) is 4.77. The van der Waals surface area contributed by atoms with Crippen molar-refractivity contribution in [1.82, 2.24) is 4.72 Å². The number of nitro groups is 1. The lowest BCUT2D eigenvalue weighted by Crippen LogP contribution is -2.29. The minimum atomic E-state index is -4.10. The fourth-order valence-corrected chi connectivity index (χ4v) is 2.31. The van der Waals surface area contributed by atoms with Crippen LogP contribution in [-0.4, -0.2) is 25.7 Å². The van der Waals surface area contributed by atoms with Crippen LogP contribution in [0.3, 0.4) is 0 Å². The number of hydrogen-bond donors (Lipinski definition) is 1. The Bertz CT molecular complexity index is 594. The number of carbonyl (C=O) groups excluding carboxylic acids is 1. The molecule has 0 aliphatic carbocycles. The second-order valence-electron chi connectivity index (χ2n) is 3.22. The summed E-state index contributed by atoms with van der Waals surface area (Å²) in [6.45, 7) is 2.70. The van der Waals surface area contributed by atoms with Crippen molar-refractivity contribution < 1.29 is 18.1 Å². The van der Waals surface area contributed by atoms with Crippen LogP contribution in [0.1, 0.15) is 0 Å². The van der Waals surface area contributed by atoms with Gasteiger partial charge in [0.15, 0.2) is 10.7 Å². The van der Waals surface area contributed by atoms with E-state index in [1.54, 1.807) is 0 Å². The molecule has 96 valence electrons. The zero-order valence-corrected chi connectivity index (χ0v) is 10.0. The van der Waals surface area contributed by atoms with E-state index in [2.05, 4.69) is 6.58 Å². The van der Waals surface area contributed by atoms with E-state index in [4.69, 9.17) is 0 Å². The second-order valence-corrected chi connectivity index (χ2v) is 4.96. The van der Waals surface area contributed by atoms with Crippen molar-refractivity contribution in [2.45, 2.75) is 4.90 Å². The molecule has 0 bridgehead atoms. The number of nitrogens with one attached hydrogen (secondary N) is 1. The molecule has 0 spiro atoms. The molecule has 0 unspecified atom stereocenters. The van der Waals surface area contributed by atoms with Gasteiger partial charge in [0.2, 0.25) is 10.0 Å². The summed E-state index contributed by atoms with van der Waals surface area (Å²) in [5.74, 6) is -0.530. The molecule has 1 rings (SSSR count). The molecule has 0 aliphatic rings. The van der Waals surface area contributed by atoms with Gasteiger partial charge in [0.1, 0.15) is 0 Å². The van der Waals surface area contributed by atoms with E-state index in [9.17, 15) is 23.3 Å². The van der Waals surface area contributed by atoms with Gasteiger partial charge in [0.05, 0.1) is 11.5 Å². The van der Waals surface area contributed by atoms with Gasteiger partial charge in [-0.2, -0.15) is 0 Å². The zero-order chi connectivity index (χ0) is 13.8. The maximum Gasteiger partial charge on any atom is 0.289 e. The van der Waals surface area contributed by atoms with Crippen LogP contribution in [0.15, 0.2) is 41.8 Å². The van der Waals surface area contributed by atoms with E-state index in [0.29, 0.717) is 0 Å². The fourth-order valence-electron chi connectivity index (χ4n) is 1.15. The monoisotopic (exact) mass is 270 g/mol. The number of carbonyl (C=O) groups is 1. The third-order valence-electron chi connectivity index (χ3n) is 2.02. The Morgan fingerprint density at radius 2 is 2.06 bits per heavy atom. The summed E-state index contributed by atoms with van der Waals surface area (Å²) < 4.78 is 25.5. The van der Waals surface area contributed by atoms with Crippen LogP contribution in [0.4, 0.5) is 5.69 Å². The number of hydrogen-bond acceptors (Lipinski definition) is 5.